The minimum Gasteiger partial charge on any atom is -0.480 e. The van der Waals surface area contributed by atoms with Crippen molar-refractivity contribution in [2.75, 3.05) is 18.1 Å². The number of amides is 2. The van der Waals surface area contributed by atoms with Crippen molar-refractivity contribution in [1.82, 2.24) is 10.6 Å². The van der Waals surface area contributed by atoms with Crippen LogP contribution in [0.5, 0.6) is 0 Å². The van der Waals surface area contributed by atoms with Crippen molar-refractivity contribution in [3.05, 3.63) is 35.9 Å². The van der Waals surface area contributed by atoms with Crippen molar-refractivity contribution in [2.24, 2.45) is 0 Å². The molecule has 11 heteroatoms. The van der Waals surface area contributed by atoms with Crippen LogP contribution in [-0.2, 0) is 30.7 Å². The third-order valence-corrected chi connectivity index (χ3v) is 5.29. The highest BCUT2D eigenvalue weighted by molar-refractivity contribution is 7.91. The Morgan fingerprint density at radius 3 is 2.27 bits per heavy atom. The molecule has 30 heavy (non-hydrogen) atoms. The van der Waals surface area contributed by atoms with Crippen molar-refractivity contribution in [3.8, 4) is 0 Å². The van der Waals surface area contributed by atoms with E-state index in [-0.39, 0.29) is 19.6 Å². The molecular formula is C19H28N2O8S. The van der Waals surface area contributed by atoms with E-state index in [9.17, 15) is 27.9 Å². The first-order valence-electron chi connectivity index (χ1n) is 9.25. The summed E-state index contributed by atoms with van der Waals surface area (Å²) in [6, 6.07) is 7.56. The number of sulfone groups is 1. The second-order valence-electron chi connectivity index (χ2n) is 7.47. The topological polar surface area (TPSA) is 148 Å². The standard InChI is InChI=1S/C19H28N2O8S/c1-19(2,3)29-18(25)21-15(16(22)23)9-11-30(26,27)12-10-20-17(24)28-13-14-7-5-4-6-8-14/h4-8,15H,9-13H2,1-3H3,(H,20,24)(H,21,25)(H,22,23)/t15-/m0/s1. The Balaban J connectivity index is 2.39. The van der Waals surface area contributed by atoms with Crippen LogP contribution in [0.4, 0.5) is 9.59 Å². The summed E-state index contributed by atoms with van der Waals surface area (Å²) in [4.78, 5) is 34.6. The van der Waals surface area contributed by atoms with Crippen molar-refractivity contribution in [1.29, 1.82) is 0 Å². The monoisotopic (exact) mass is 444 g/mol. The van der Waals surface area contributed by atoms with Gasteiger partial charge < -0.3 is 25.2 Å². The minimum absolute atomic E-state index is 0.0516. The van der Waals surface area contributed by atoms with Gasteiger partial charge in [0.2, 0.25) is 0 Å². The van der Waals surface area contributed by atoms with Crippen LogP contribution in [0.1, 0.15) is 32.8 Å². The number of carboxylic acid groups (broad SMARTS) is 1. The fourth-order valence-electron chi connectivity index (χ4n) is 2.19. The number of hydrogen-bond acceptors (Lipinski definition) is 7. The van der Waals surface area contributed by atoms with Gasteiger partial charge in [-0.2, -0.15) is 0 Å². The van der Waals surface area contributed by atoms with E-state index in [0.717, 1.165) is 5.56 Å². The molecule has 1 aromatic rings. The van der Waals surface area contributed by atoms with Crippen LogP contribution in [-0.4, -0.2) is 61.4 Å². The van der Waals surface area contributed by atoms with Gasteiger partial charge in [0.05, 0.1) is 11.5 Å². The van der Waals surface area contributed by atoms with Gasteiger partial charge in [-0.1, -0.05) is 30.3 Å². The molecule has 0 aliphatic carbocycles. The third kappa shape index (κ3) is 11.2. The van der Waals surface area contributed by atoms with Crippen LogP contribution in [0.3, 0.4) is 0 Å². The van der Waals surface area contributed by atoms with Crippen LogP contribution >= 0.6 is 0 Å². The summed E-state index contributed by atoms with van der Waals surface area (Å²) < 4.78 is 34.2. The summed E-state index contributed by atoms with van der Waals surface area (Å²) in [5, 5.41) is 13.6. The smallest absolute Gasteiger partial charge is 0.408 e. The van der Waals surface area contributed by atoms with Gasteiger partial charge in [0.25, 0.3) is 0 Å². The molecule has 0 bridgehead atoms. The van der Waals surface area contributed by atoms with Gasteiger partial charge in [-0.25, -0.2) is 22.8 Å². The van der Waals surface area contributed by atoms with Crippen molar-refractivity contribution >= 4 is 28.0 Å². The average molecular weight is 445 g/mol. The lowest BCUT2D eigenvalue weighted by Crippen LogP contribution is -2.44. The van der Waals surface area contributed by atoms with E-state index in [2.05, 4.69) is 10.6 Å². The Bertz CT molecular complexity index is 819. The van der Waals surface area contributed by atoms with Crippen LogP contribution in [0.25, 0.3) is 0 Å². The van der Waals surface area contributed by atoms with E-state index >= 15 is 0 Å². The molecule has 0 heterocycles. The molecule has 3 N–H and O–H groups in total. The number of nitrogens with one attached hydrogen (secondary N) is 2. The van der Waals surface area contributed by atoms with Crippen molar-refractivity contribution < 1.29 is 37.4 Å². The normalized spacial score (nSPS) is 12.5. The molecular weight excluding hydrogens is 416 g/mol. The van der Waals surface area contributed by atoms with E-state index in [1.165, 1.54) is 0 Å². The SMILES string of the molecule is CC(C)(C)OC(=O)N[C@@H](CCS(=O)(=O)CCNC(=O)OCc1ccccc1)C(=O)O. The Labute approximate surface area is 175 Å². The first-order valence-corrected chi connectivity index (χ1v) is 11.1. The molecule has 2 amide bonds. The van der Waals surface area contributed by atoms with Crippen LogP contribution in [0.15, 0.2) is 30.3 Å². The number of rotatable bonds is 10. The number of carbonyl (C=O) groups is 3. The van der Waals surface area contributed by atoms with E-state index in [1.54, 1.807) is 45.0 Å². The first kappa shape index (κ1) is 25.2. The Hall–Kier alpha value is -2.82. The molecule has 0 radical (unpaired) electrons. The first-order chi connectivity index (χ1) is 13.9. The molecule has 0 aliphatic rings. The van der Waals surface area contributed by atoms with Gasteiger partial charge in [0.15, 0.2) is 9.84 Å². The highest BCUT2D eigenvalue weighted by Gasteiger charge is 2.25. The number of benzene rings is 1. The van der Waals surface area contributed by atoms with E-state index in [0.29, 0.717) is 0 Å². The minimum atomic E-state index is -3.67. The summed E-state index contributed by atoms with van der Waals surface area (Å²) in [7, 11) is -3.67. The van der Waals surface area contributed by atoms with Gasteiger partial charge in [-0.15, -0.1) is 0 Å². The summed E-state index contributed by atoms with van der Waals surface area (Å²) >= 11 is 0. The third-order valence-electron chi connectivity index (χ3n) is 3.60. The predicted molar refractivity (Wildman–Crippen MR) is 109 cm³/mol. The van der Waals surface area contributed by atoms with Gasteiger partial charge in [-0.3, -0.25) is 0 Å². The molecule has 0 unspecified atom stereocenters. The lowest BCUT2D eigenvalue weighted by atomic mass is 10.2. The highest BCUT2D eigenvalue weighted by atomic mass is 32.2. The average Bonchev–Trinajstić information content (AvgIpc) is 2.62. The van der Waals surface area contributed by atoms with Crippen LogP contribution in [0, 0.1) is 0 Å². The second kappa shape index (κ2) is 11.4. The molecule has 1 atom stereocenters. The van der Waals surface area contributed by atoms with Gasteiger partial charge >= 0.3 is 18.2 Å². The maximum atomic E-state index is 12.1. The number of hydrogen-bond donors (Lipinski definition) is 3. The van der Waals surface area contributed by atoms with Crippen LogP contribution < -0.4 is 10.6 Å². The maximum absolute atomic E-state index is 12.1. The van der Waals surface area contributed by atoms with Gasteiger partial charge in [-0.05, 0) is 32.8 Å². The molecule has 0 saturated carbocycles. The quantitative estimate of drug-likeness (QED) is 0.494. The lowest BCUT2D eigenvalue weighted by Gasteiger charge is -2.22. The van der Waals surface area contributed by atoms with E-state index in [4.69, 9.17) is 9.47 Å². The molecule has 1 aromatic carbocycles. The van der Waals surface area contributed by atoms with E-state index in [1.807, 2.05) is 6.07 Å². The highest BCUT2D eigenvalue weighted by Crippen LogP contribution is 2.08. The zero-order valence-corrected chi connectivity index (χ0v) is 18.0. The molecule has 0 aromatic heterocycles. The molecule has 0 spiro atoms. The molecule has 0 saturated heterocycles. The maximum Gasteiger partial charge on any atom is 0.408 e. The van der Waals surface area contributed by atoms with Gasteiger partial charge in [0, 0.05) is 6.54 Å². The Morgan fingerprint density at radius 1 is 1.07 bits per heavy atom. The molecule has 0 fully saturated rings. The number of carboxylic acids is 1. The number of aliphatic carboxylic acids is 1. The Morgan fingerprint density at radius 2 is 1.70 bits per heavy atom. The zero-order chi connectivity index (χ0) is 22.8. The van der Waals surface area contributed by atoms with E-state index < -0.39 is 51.1 Å². The summed E-state index contributed by atoms with van der Waals surface area (Å²) in [6.07, 6.45) is -2.05. The zero-order valence-electron chi connectivity index (χ0n) is 17.2. The molecule has 0 aliphatic heterocycles. The number of ether oxygens (including phenoxy) is 2. The molecule has 1 rings (SSSR count). The van der Waals surface area contributed by atoms with Gasteiger partial charge in [0.1, 0.15) is 18.2 Å². The fourth-order valence-corrected chi connectivity index (χ4v) is 3.40. The van der Waals surface area contributed by atoms with Crippen molar-refractivity contribution in [3.63, 3.8) is 0 Å². The molecule has 168 valence electrons. The summed E-state index contributed by atoms with van der Waals surface area (Å²) in [5.74, 6) is -2.26. The fraction of sp³-hybridized carbons (Fsp3) is 0.526. The lowest BCUT2D eigenvalue weighted by molar-refractivity contribution is -0.139. The van der Waals surface area contributed by atoms with Crippen LogP contribution in [0.2, 0.25) is 0 Å². The summed E-state index contributed by atoms with van der Waals surface area (Å²) in [6.45, 7) is 4.71. The number of carbonyl (C=O) groups excluding carboxylic acids is 2. The van der Waals surface area contributed by atoms with Crippen molar-refractivity contribution in [2.45, 2.75) is 45.4 Å². The second-order valence-corrected chi connectivity index (χ2v) is 9.77. The number of alkyl carbamates (subject to hydrolysis) is 2. The largest absolute Gasteiger partial charge is 0.480 e. The summed E-state index contributed by atoms with van der Waals surface area (Å²) in [5.41, 5.74) is -0.0301. The Kier molecular flexibility index (Phi) is 9.57. The predicted octanol–water partition coefficient (Wildman–Crippen LogP) is 1.70. The molecule has 10 nitrogen and oxygen atoms in total.